The third kappa shape index (κ3) is 4.43. The predicted octanol–water partition coefficient (Wildman–Crippen LogP) is 2.86. The van der Waals surface area contributed by atoms with Gasteiger partial charge in [-0.25, -0.2) is 4.39 Å². The first kappa shape index (κ1) is 16.8. The summed E-state index contributed by atoms with van der Waals surface area (Å²) >= 11 is 5.95. The van der Waals surface area contributed by atoms with E-state index in [4.69, 9.17) is 16.3 Å². The summed E-state index contributed by atoms with van der Waals surface area (Å²) in [5.41, 5.74) is 0.341. The predicted molar refractivity (Wildman–Crippen MR) is 85.4 cm³/mol. The van der Waals surface area contributed by atoms with Crippen molar-refractivity contribution < 1.29 is 18.7 Å². The Bertz CT molecular complexity index is 737. The summed E-state index contributed by atoms with van der Waals surface area (Å²) in [6.45, 7) is -0.295. The third-order valence-corrected chi connectivity index (χ3v) is 3.26. The van der Waals surface area contributed by atoms with Crippen LogP contribution in [0.4, 0.5) is 10.1 Å². The van der Waals surface area contributed by atoms with E-state index in [2.05, 4.69) is 10.6 Å². The lowest BCUT2D eigenvalue weighted by molar-refractivity contribution is -0.115. The Morgan fingerprint density at radius 3 is 2.61 bits per heavy atom. The lowest BCUT2D eigenvalue weighted by atomic mass is 10.2. The normalized spacial score (nSPS) is 10.0. The number of hydrogen-bond acceptors (Lipinski definition) is 3. The van der Waals surface area contributed by atoms with E-state index >= 15 is 0 Å². The van der Waals surface area contributed by atoms with Crippen LogP contribution in [-0.2, 0) is 4.79 Å². The Hall–Kier alpha value is -2.60. The van der Waals surface area contributed by atoms with Crippen LogP contribution in [0.2, 0.25) is 5.02 Å². The maximum Gasteiger partial charge on any atom is 0.254 e. The third-order valence-electron chi connectivity index (χ3n) is 2.96. The molecule has 2 N–H and O–H groups in total. The molecular formula is C16H14ClFN2O3. The Morgan fingerprint density at radius 1 is 1.22 bits per heavy atom. The quantitative estimate of drug-likeness (QED) is 0.882. The van der Waals surface area contributed by atoms with Crippen LogP contribution in [-0.4, -0.2) is 25.5 Å². The summed E-state index contributed by atoms with van der Waals surface area (Å²) in [4.78, 5) is 23.6. The van der Waals surface area contributed by atoms with Gasteiger partial charge in [0.05, 0.1) is 24.2 Å². The zero-order valence-corrected chi connectivity index (χ0v) is 13.0. The first-order valence-corrected chi connectivity index (χ1v) is 7.05. The van der Waals surface area contributed by atoms with Crippen LogP contribution in [0.25, 0.3) is 0 Å². The molecule has 0 saturated heterocycles. The SMILES string of the molecule is COc1ccc(NC(=O)CNC(=O)c2ccccc2F)cc1Cl. The van der Waals surface area contributed by atoms with Crippen LogP contribution < -0.4 is 15.4 Å². The molecule has 2 rings (SSSR count). The Morgan fingerprint density at radius 2 is 1.96 bits per heavy atom. The highest BCUT2D eigenvalue weighted by atomic mass is 35.5. The first-order valence-electron chi connectivity index (χ1n) is 6.67. The molecule has 0 heterocycles. The summed E-state index contributed by atoms with van der Waals surface area (Å²) in [6.07, 6.45) is 0. The lowest BCUT2D eigenvalue weighted by Crippen LogP contribution is -2.33. The molecule has 7 heteroatoms. The van der Waals surface area contributed by atoms with Gasteiger partial charge in [-0.2, -0.15) is 0 Å². The van der Waals surface area contributed by atoms with Crippen LogP contribution in [0.5, 0.6) is 5.75 Å². The highest BCUT2D eigenvalue weighted by molar-refractivity contribution is 6.32. The van der Waals surface area contributed by atoms with E-state index in [0.717, 1.165) is 0 Å². The van der Waals surface area contributed by atoms with Gasteiger partial charge in [0.15, 0.2) is 0 Å². The fourth-order valence-electron chi connectivity index (χ4n) is 1.85. The molecule has 0 radical (unpaired) electrons. The minimum atomic E-state index is -0.661. The summed E-state index contributed by atoms with van der Waals surface area (Å²) in [5.74, 6) is -1.29. The maximum absolute atomic E-state index is 13.4. The van der Waals surface area contributed by atoms with Crippen molar-refractivity contribution >= 4 is 29.1 Å². The lowest BCUT2D eigenvalue weighted by Gasteiger charge is -2.09. The minimum absolute atomic E-state index is 0.118. The van der Waals surface area contributed by atoms with Crippen molar-refractivity contribution in [1.29, 1.82) is 0 Å². The Kier molecular flexibility index (Phi) is 5.54. The molecule has 0 spiro atoms. The summed E-state index contributed by atoms with van der Waals surface area (Å²) in [7, 11) is 1.48. The number of carbonyl (C=O) groups excluding carboxylic acids is 2. The van der Waals surface area contributed by atoms with Gasteiger partial charge in [0.25, 0.3) is 5.91 Å². The van der Waals surface area contributed by atoms with Gasteiger partial charge in [-0.15, -0.1) is 0 Å². The van der Waals surface area contributed by atoms with E-state index in [1.54, 1.807) is 12.1 Å². The molecule has 120 valence electrons. The number of benzene rings is 2. The second-order valence-corrected chi connectivity index (χ2v) is 4.97. The monoisotopic (exact) mass is 336 g/mol. The van der Waals surface area contributed by atoms with Gasteiger partial charge in [-0.05, 0) is 30.3 Å². The summed E-state index contributed by atoms with van der Waals surface area (Å²) < 4.78 is 18.4. The largest absolute Gasteiger partial charge is 0.495 e. The first-order chi connectivity index (χ1) is 11.0. The van der Waals surface area contributed by atoms with Gasteiger partial charge < -0.3 is 15.4 Å². The summed E-state index contributed by atoms with van der Waals surface area (Å²) in [5, 5.41) is 5.26. The van der Waals surface area contributed by atoms with Crippen molar-refractivity contribution in [2.24, 2.45) is 0 Å². The van der Waals surface area contributed by atoms with Crippen molar-refractivity contribution in [2.45, 2.75) is 0 Å². The fourth-order valence-corrected chi connectivity index (χ4v) is 2.11. The molecule has 0 aromatic heterocycles. The molecule has 2 aromatic carbocycles. The molecule has 0 unspecified atom stereocenters. The number of nitrogens with one attached hydrogen (secondary N) is 2. The van der Waals surface area contributed by atoms with Gasteiger partial charge in [0, 0.05) is 5.69 Å². The van der Waals surface area contributed by atoms with Crippen molar-refractivity contribution in [3.05, 3.63) is 58.9 Å². The van der Waals surface area contributed by atoms with Gasteiger partial charge in [-0.3, -0.25) is 9.59 Å². The average molecular weight is 337 g/mol. The standard InChI is InChI=1S/C16H14ClFN2O3/c1-23-14-7-6-10(8-12(14)17)20-15(21)9-19-16(22)11-4-2-3-5-13(11)18/h2-8H,9H2,1H3,(H,19,22)(H,20,21). The van der Waals surface area contributed by atoms with Crippen LogP contribution in [0.3, 0.4) is 0 Å². The zero-order valence-electron chi connectivity index (χ0n) is 12.2. The Labute approximate surface area is 137 Å². The number of methoxy groups -OCH3 is 1. The molecule has 0 bridgehead atoms. The number of ether oxygens (including phenoxy) is 1. The Balaban J connectivity index is 1.91. The van der Waals surface area contributed by atoms with Crippen LogP contribution >= 0.6 is 11.6 Å². The van der Waals surface area contributed by atoms with Gasteiger partial charge in [0.1, 0.15) is 11.6 Å². The molecule has 0 atom stereocenters. The zero-order chi connectivity index (χ0) is 16.8. The van der Waals surface area contributed by atoms with Gasteiger partial charge in [0.2, 0.25) is 5.91 Å². The average Bonchev–Trinajstić information content (AvgIpc) is 2.53. The van der Waals surface area contributed by atoms with Crippen molar-refractivity contribution in [3.8, 4) is 5.75 Å². The smallest absolute Gasteiger partial charge is 0.254 e. The minimum Gasteiger partial charge on any atom is -0.495 e. The van der Waals surface area contributed by atoms with Crippen LogP contribution in [0.15, 0.2) is 42.5 Å². The van der Waals surface area contributed by atoms with Gasteiger partial charge >= 0.3 is 0 Å². The van der Waals surface area contributed by atoms with E-state index in [9.17, 15) is 14.0 Å². The number of anilines is 1. The van der Waals surface area contributed by atoms with Crippen molar-refractivity contribution in [2.75, 3.05) is 19.0 Å². The molecule has 2 aromatic rings. The molecule has 0 aliphatic heterocycles. The van der Waals surface area contributed by atoms with Crippen LogP contribution in [0.1, 0.15) is 10.4 Å². The van der Waals surface area contributed by atoms with E-state index in [1.165, 1.54) is 37.4 Å². The molecule has 0 aliphatic carbocycles. The molecule has 0 fully saturated rings. The van der Waals surface area contributed by atoms with E-state index in [0.29, 0.717) is 16.5 Å². The second-order valence-electron chi connectivity index (χ2n) is 4.56. The number of hydrogen-bond donors (Lipinski definition) is 2. The van der Waals surface area contributed by atoms with Crippen molar-refractivity contribution in [1.82, 2.24) is 5.32 Å². The van der Waals surface area contributed by atoms with E-state index in [-0.39, 0.29) is 12.1 Å². The molecule has 5 nitrogen and oxygen atoms in total. The van der Waals surface area contributed by atoms with E-state index in [1.807, 2.05) is 0 Å². The number of carbonyl (C=O) groups is 2. The molecular weight excluding hydrogens is 323 g/mol. The number of rotatable bonds is 5. The fraction of sp³-hybridized carbons (Fsp3) is 0.125. The van der Waals surface area contributed by atoms with Crippen molar-refractivity contribution in [3.63, 3.8) is 0 Å². The second kappa shape index (κ2) is 7.60. The molecule has 2 amide bonds. The molecule has 0 saturated carbocycles. The van der Waals surface area contributed by atoms with Crippen LogP contribution in [0, 0.1) is 5.82 Å². The maximum atomic E-state index is 13.4. The van der Waals surface area contributed by atoms with Gasteiger partial charge in [-0.1, -0.05) is 23.7 Å². The molecule has 23 heavy (non-hydrogen) atoms. The topological polar surface area (TPSA) is 67.4 Å². The summed E-state index contributed by atoms with van der Waals surface area (Å²) in [6, 6.07) is 10.3. The highest BCUT2D eigenvalue weighted by Crippen LogP contribution is 2.27. The number of amides is 2. The molecule has 0 aliphatic rings. The van der Waals surface area contributed by atoms with E-state index < -0.39 is 17.6 Å². The number of halogens is 2. The highest BCUT2D eigenvalue weighted by Gasteiger charge is 2.12.